The third-order valence-corrected chi connectivity index (χ3v) is 9.68. The Morgan fingerprint density at radius 2 is 1.85 bits per heavy atom. The first-order chi connectivity index (χ1) is 12.1. The second-order valence-corrected chi connectivity index (χ2v) is 12.8. The Bertz CT molecular complexity index is 602. The Labute approximate surface area is 157 Å². The summed E-state index contributed by atoms with van der Waals surface area (Å²) in [7, 11) is 0.928. The topological polar surface area (TPSA) is 57.2 Å². The number of nitrogens with zero attached hydrogens (tertiary/aromatic N) is 1. The van der Waals surface area contributed by atoms with Gasteiger partial charge in [0, 0.05) is 12.6 Å². The summed E-state index contributed by atoms with van der Waals surface area (Å²) >= 11 is 0. The third kappa shape index (κ3) is 4.72. The van der Waals surface area contributed by atoms with E-state index < -0.39 is 26.8 Å². The van der Waals surface area contributed by atoms with Crippen LogP contribution in [0.25, 0.3) is 0 Å². The van der Waals surface area contributed by atoms with Gasteiger partial charge in [0.2, 0.25) is 0 Å². The zero-order valence-electron chi connectivity index (χ0n) is 16.8. The van der Waals surface area contributed by atoms with Crippen LogP contribution in [0.2, 0.25) is 18.1 Å². The molecule has 1 aliphatic heterocycles. The summed E-state index contributed by atoms with van der Waals surface area (Å²) in [5.41, 5.74) is 0.871. The number of likely N-dealkylation sites (N-methyl/N-ethyl adjacent to an activating group) is 1. The van der Waals surface area contributed by atoms with Gasteiger partial charge in [0.25, 0.3) is 5.91 Å². The van der Waals surface area contributed by atoms with E-state index in [-0.39, 0.29) is 10.9 Å². The first-order valence-corrected chi connectivity index (χ1v) is 11.8. The smallest absolute Gasteiger partial charge is 0.277 e. The third-order valence-electron chi connectivity index (χ3n) is 5.17. The molecule has 0 unspecified atom stereocenters. The van der Waals surface area contributed by atoms with Crippen LogP contribution in [0.1, 0.15) is 32.6 Å². The molecular weight excluding hydrogens is 350 g/mol. The van der Waals surface area contributed by atoms with Gasteiger partial charge in [0.05, 0.1) is 13.7 Å². The molecule has 0 aromatic heterocycles. The molecule has 0 N–H and O–H groups in total. The minimum Gasteiger partial charge on any atom is -0.408 e. The van der Waals surface area contributed by atoms with Gasteiger partial charge >= 0.3 is 0 Å². The molecule has 0 aliphatic carbocycles. The van der Waals surface area contributed by atoms with E-state index in [0.717, 1.165) is 5.56 Å². The maximum Gasteiger partial charge on any atom is 0.277 e. The lowest BCUT2D eigenvalue weighted by Gasteiger charge is -2.44. The van der Waals surface area contributed by atoms with E-state index in [0.29, 0.717) is 6.61 Å². The molecule has 3 atom stereocenters. The largest absolute Gasteiger partial charge is 0.408 e. The first kappa shape index (κ1) is 21.1. The first-order valence-electron chi connectivity index (χ1n) is 8.88. The minimum atomic E-state index is -2.10. The van der Waals surface area contributed by atoms with Gasteiger partial charge in [-0.2, -0.15) is 0 Å². The van der Waals surface area contributed by atoms with E-state index in [1.54, 1.807) is 7.05 Å². The zero-order valence-corrected chi connectivity index (χ0v) is 17.8. The van der Waals surface area contributed by atoms with Crippen LogP contribution in [0.4, 0.5) is 0 Å². The maximum atomic E-state index is 12.8. The molecule has 1 fully saturated rings. The van der Waals surface area contributed by atoms with Gasteiger partial charge in [-0.05, 0) is 18.1 Å². The molecule has 7 heteroatoms. The number of rotatable bonds is 5. The Hall–Kier alpha value is -1.25. The van der Waals surface area contributed by atoms with Crippen molar-refractivity contribution < 1.29 is 23.5 Å². The molecule has 1 heterocycles. The average molecular weight is 382 g/mol. The number of ether oxygens (including phenoxy) is 2. The average Bonchev–Trinajstić information content (AvgIpc) is 2.60. The van der Waals surface area contributed by atoms with Crippen molar-refractivity contribution in [2.24, 2.45) is 0 Å². The van der Waals surface area contributed by atoms with E-state index in [2.05, 4.69) is 33.9 Å². The number of amides is 1. The van der Waals surface area contributed by atoms with Gasteiger partial charge in [-0.15, -0.1) is 0 Å². The number of hydroxylamine groups is 2. The van der Waals surface area contributed by atoms with Crippen molar-refractivity contribution in [1.29, 1.82) is 0 Å². The van der Waals surface area contributed by atoms with E-state index in [1.165, 1.54) is 12.2 Å². The number of hydrogen-bond acceptors (Lipinski definition) is 5. The van der Waals surface area contributed by atoms with E-state index in [1.807, 2.05) is 30.3 Å². The highest BCUT2D eigenvalue weighted by molar-refractivity contribution is 6.74. The van der Waals surface area contributed by atoms with Crippen molar-refractivity contribution in [1.82, 2.24) is 5.06 Å². The normalized spacial score (nSPS) is 24.3. The lowest BCUT2D eigenvalue weighted by molar-refractivity contribution is -0.260. The summed E-state index contributed by atoms with van der Waals surface area (Å²) in [4.78, 5) is 17.9. The molecular formula is C19H31NO5Si. The second-order valence-electron chi connectivity index (χ2n) is 8.07. The standard InChI is InChI=1S/C19H31NO5Si/c1-19(2,3)26(6,7)25-15-13-23-18(14-11-9-8-10-12-14)24-16(15)17(21)20(4)22-5/h8-12,15-16,18H,13H2,1-7H3/t15-,16+,18+/m1/s1. The monoisotopic (exact) mass is 381 g/mol. The summed E-state index contributed by atoms with van der Waals surface area (Å²) in [5.74, 6) is -0.277. The number of carbonyl (C=O) groups is 1. The number of carbonyl (C=O) groups excluding carboxylic acids is 1. The second kappa shape index (κ2) is 8.18. The molecule has 1 saturated heterocycles. The summed E-state index contributed by atoms with van der Waals surface area (Å²) < 4.78 is 18.4. The molecule has 26 heavy (non-hydrogen) atoms. The fourth-order valence-corrected chi connectivity index (χ4v) is 3.75. The van der Waals surface area contributed by atoms with Gasteiger partial charge in [0.15, 0.2) is 20.7 Å². The molecule has 0 radical (unpaired) electrons. The van der Waals surface area contributed by atoms with Crippen molar-refractivity contribution >= 4 is 14.2 Å². The quantitative estimate of drug-likeness (QED) is 0.577. The Morgan fingerprint density at radius 1 is 1.23 bits per heavy atom. The summed E-state index contributed by atoms with van der Waals surface area (Å²) in [5, 5.41) is 1.20. The molecule has 1 aromatic rings. The Balaban J connectivity index is 2.23. The van der Waals surface area contributed by atoms with Crippen LogP contribution in [-0.4, -0.2) is 52.3 Å². The summed E-state index contributed by atoms with van der Waals surface area (Å²) in [6.45, 7) is 11.1. The molecule has 0 saturated carbocycles. The van der Waals surface area contributed by atoms with Gasteiger partial charge < -0.3 is 13.9 Å². The van der Waals surface area contributed by atoms with Crippen LogP contribution in [-0.2, 0) is 23.5 Å². The van der Waals surface area contributed by atoms with Gasteiger partial charge in [0.1, 0.15) is 6.10 Å². The molecule has 0 bridgehead atoms. The molecule has 0 spiro atoms. The molecule has 1 aromatic carbocycles. The van der Waals surface area contributed by atoms with Crippen molar-refractivity contribution in [2.45, 2.75) is 57.4 Å². The van der Waals surface area contributed by atoms with Crippen molar-refractivity contribution in [3.8, 4) is 0 Å². The van der Waals surface area contributed by atoms with Crippen LogP contribution >= 0.6 is 0 Å². The zero-order chi connectivity index (χ0) is 19.5. The van der Waals surface area contributed by atoms with Gasteiger partial charge in [-0.3, -0.25) is 9.63 Å². The van der Waals surface area contributed by atoms with Gasteiger partial charge in [-0.25, -0.2) is 5.06 Å². The minimum absolute atomic E-state index is 0.0179. The molecule has 6 nitrogen and oxygen atoms in total. The lowest BCUT2D eigenvalue weighted by atomic mass is 10.1. The highest BCUT2D eigenvalue weighted by atomic mass is 28.4. The highest BCUT2D eigenvalue weighted by Gasteiger charge is 2.46. The van der Waals surface area contributed by atoms with E-state index >= 15 is 0 Å². The fourth-order valence-electron chi connectivity index (χ4n) is 2.45. The molecule has 1 amide bonds. The molecule has 146 valence electrons. The van der Waals surface area contributed by atoms with Crippen LogP contribution in [0.3, 0.4) is 0 Å². The predicted octanol–water partition coefficient (Wildman–Crippen LogP) is 3.51. The van der Waals surface area contributed by atoms with Crippen LogP contribution in [0.5, 0.6) is 0 Å². The van der Waals surface area contributed by atoms with Crippen LogP contribution in [0, 0.1) is 0 Å². The predicted molar refractivity (Wildman–Crippen MR) is 102 cm³/mol. The summed E-state index contributed by atoms with van der Waals surface area (Å²) in [6, 6.07) is 9.59. The van der Waals surface area contributed by atoms with Crippen molar-refractivity contribution in [3.63, 3.8) is 0 Å². The maximum absolute atomic E-state index is 12.8. The van der Waals surface area contributed by atoms with Crippen molar-refractivity contribution in [2.75, 3.05) is 20.8 Å². The van der Waals surface area contributed by atoms with Crippen LogP contribution < -0.4 is 0 Å². The van der Waals surface area contributed by atoms with E-state index in [4.69, 9.17) is 18.7 Å². The highest BCUT2D eigenvalue weighted by Crippen LogP contribution is 2.39. The lowest BCUT2D eigenvalue weighted by Crippen LogP contribution is -2.56. The number of hydrogen-bond donors (Lipinski definition) is 0. The van der Waals surface area contributed by atoms with Crippen LogP contribution in [0.15, 0.2) is 30.3 Å². The van der Waals surface area contributed by atoms with Crippen molar-refractivity contribution in [3.05, 3.63) is 35.9 Å². The molecule has 1 aliphatic rings. The van der Waals surface area contributed by atoms with Gasteiger partial charge in [-0.1, -0.05) is 51.1 Å². The SMILES string of the molecule is CON(C)C(=O)[C@H]1O[C@@H](c2ccccc2)OC[C@H]1O[Si](C)(C)C(C)(C)C. The summed E-state index contributed by atoms with van der Waals surface area (Å²) in [6.07, 6.45) is -1.86. The Kier molecular flexibility index (Phi) is 6.63. The Morgan fingerprint density at radius 3 is 2.38 bits per heavy atom. The fraction of sp³-hybridized carbons (Fsp3) is 0.632. The molecule has 2 rings (SSSR count). The van der Waals surface area contributed by atoms with E-state index in [9.17, 15) is 4.79 Å². The number of benzene rings is 1.